The number of nitrogens with zero attached hydrogens (tertiary/aromatic N) is 2. The third-order valence-electron chi connectivity index (χ3n) is 3.38. The molecule has 0 radical (unpaired) electrons. The molecule has 3 N–H and O–H groups in total. The van der Waals surface area contributed by atoms with E-state index in [1.54, 1.807) is 25.6 Å². The lowest BCUT2D eigenvalue weighted by molar-refractivity contribution is 0.157. The number of nitrogens with two attached hydrogens (primary N) is 1. The van der Waals surface area contributed by atoms with Gasteiger partial charge in [0.15, 0.2) is 0 Å². The predicted octanol–water partition coefficient (Wildman–Crippen LogP) is 0.408. The van der Waals surface area contributed by atoms with E-state index in [9.17, 15) is 8.42 Å². The van der Waals surface area contributed by atoms with Gasteiger partial charge in [0, 0.05) is 19.7 Å². The molecule has 0 saturated heterocycles. The number of sulfonamides is 1. The molecule has 0 aliphatic rings. The van der Waals surface area contributed by atoms with Crippen LogP contribution in [0.4, 0.5) is 0 Å². The monoisotopic (exact) mass is 318 g/mol. The number of ether oxygens (including phenoxy) is 1. The number of rotatable bonds is 8. The molecule has 0 aliphatic heterocycles. The first-order valence-electron chi connectivity index (χ1n) is 7.00. The van der Waals surface area contributed by atoms with E-state index in [1.165, 1.54) is 0 Å². The quantitative estimate of drug-likeness (QED) is 0.723. The first-order valence-corrected chi connectivity index (χ1v) is 8.48. The molecule has 0 saturated carbocycles. The Balaban J connectivity index is 3.13. The molecule has 1 heterocycles. The maximum atomic E-state index is 12.6. The summed E-state index contributed by atoms with van der Waals surface area (Å²) in [5, 5.41) is 4.25. The van der Waals surface area contributed by atoms with Gasteiger partial charge in [0.05, 0.1) is 24.5 Å². The predicted molar refractivity (Wildman–Crippen MR) is 81.6 cm³/mol. The zero-order chi connectivity index (χ0) is 16.2. The van der Waals surface area contributed by atoms with Gasteiger partial charge in [-0.25, -0.2) is 13.1 Å². The number of nitrogens with one attached hydrogen (secondary N) is 1. The topological polar surface area (TPSA) is 99.2 Å². The Morgan fingerprint density at radius 2 is 2.00 bits per heavy atom. The summed E-state index contributed by atoms with van der Waals surface area (Å²) in [6.45, 7) is 8.56. The molecular formula is C13H26N4O3S. The van der Waals surface area contributed by atoms with Crippen molar-refractivity contribution in [2.75, 3.05) is 20.3 Å². The van der Waals surface area contributed by atoms with E-state index in [4.69, 9.17) is 10.5 Å². The van der Waals surface area contributed by atoms with E-state index < -0.39 is 10.0 Å². The summed E-state index contributed by atoms with van der Waals surface area (Å²) in [6, 6.07) is -0.281. The second kappa shape index (κ2) is 7.35. The fourth-order valence-electron chi connectivity index (χ4n) is 2.21. The molecule has 122 valence electrons. The molecule has 0 amide bonds. The minimum absolute atomic E-state index is 0.124. The van der Waals surface area contributed by atoms with E-state index in [0.29, 0.717) is 31.1 Å². The Bertz CT molecular complexity index is 566. The fraction of sp³-hybridized carbons (Fsp3) is 0.769. The van der Waals surface area contributed by atoms with Crippen LogP contribution in [0.5, 0.6) is 0 Å². The number of aromatic nitrogens is 2. The molecule has 7 nitrogen and oxygen atoms in total. The van der Waals surface area contributed by atoms with Crippen molar-refractivity contribution in [1.82, 2.24) is 14.5 Å². The number of aryl methyl sites for hydroxylation is 1. The van der Waals surface area contributed by atoms with Crippen molar-refractivity contribution in [3.05, 3.63) is 11.4 Å². The van der Waals surface area contributed by atoms with Crippen LogP contribution in [0.2, 0.25) is 0 Å². The van der Waals surface area contributed by atoms with Crippen molar-refractivity contribution in [1.29, 1.82) is 0 Å². The molecule has 1 atom stereocenters. The smallest absolute Gasteiger partial charge is 0.244 e. The van der Waals surface area contributed by atoms with Crippen LogP contribution in [0.1, 0.15) is 25.2 Å². The summed E-state index contributed by atoms with van der Waals surface area (Å²) >= 11 is 0. The van der Waals surface area contributed by atoms with Crippen LogP contribution in [-0.4, -0.2) is 44.5 Å². The van der Waals surface area contributed by atoms with Gasteiger partial charge in [-0.05, 0) is 19.8 Å². The Hall–Kier alpha value is -0.960. The van der Waals surface area contributed by atoms with Crippen molar-refractivity contribution in [3.63, 3.8) is 0 Å². The lowest BCUT2D eigenvalue weighted by Gasteiger charge is -2.21. The van der Waals surface area contributed by atoms with E-state index >= 15 is 0 Å². The van der Waals surface area contributed by atoms with Crippen molar-refractivity contribution >= 4 is 10.0 Å². The van der Waals surface area contributed by atoms with Crippen molar-refractivity contribution < 1.29 is 13.2 Å². The van der Waals surface area contributed by atoms with Crippen LogP contribution in [0.3, 0.4) is 0 Å². The molecule has 1 aromatic rings. The van der Waals surface area contributed by atoms with Crippen molar-refractivity contribution in [2.24, 2.45) is 11.7 Å². The third-order valence-corrected chi connectivity index (χ3v) is 5.12. The molecule has 1 rings (SSSR count). The number of hydrogen-bond acceptors (Lipinski definition) is 5. The summed E-state index contributed by atoms with van der Waals surface area (Å²) in [5.74, 6) is 0.124. The molecule has 21 heavy (non-hydrogen) atoms. The summed E-state index contributed by atoms with van der Waals surface area (Å²) < 4.78 is 34.7. The van der Waals surface area contributed by atoms with E-state index in [1.807, 2.05) is 13.8 Å². The molecule has 8 heteroatoms. The van der Waals surface area contributed by atoms with Crippen LogP contribution < -0.4 is 10.5 Å². The highest BCUT2D eigenvalue weighted by Crippen LogP contribution is 2.20. The second-order valence-electron chi connectivity index (χ2n) is 5.44. The zero-order valence-electron chi connectivity index (χ0n) is 13.4. The zero-order valence-corrected chi connectivity index (χ0v) is 14.2. The van der Waals surface area contributed by atoms with Gasteiger partial charge in [-0.15, -0.1) is 0 Å². The normalized spacial score (nSPS) is 13.9. The molecule has 0 spiro atoms. The molecule has 1 aromatic heterocycles. The largest absolute Gasteiger partial charge is 0.383 e. The lowest BCUT2D eigenvalue weighted by atomic mass is 10.1. The van der Waals surface area contributed by atoms with Gasteiger partial charge in [0.2, 0.25) is 10.0 Å². The highest BCUT2D eigenvalue weighted by atomic mass is 32.2. The standard InChI is InChI=1S/C13H26N4O3S/c1-9(2)12(8-20-5)16-21(18,19)13-10(3)15-17(7-6-14)11(13)4/h9,12,16H,6-8,14H2,1-5H3. The Labute approximate surface area is 126 Å². The second-order valence-corrected chi connectivity index (χ2v) is 7.09. The van der Waals surface area contributed by atoms with Gasteiger partial charge >= 0.3 is 0 Å². The van der Waals surface area contributed by atoms with Gasteiger partial charge in [0.1, 0.15) is 4.90 Å². The van der Waals surface area contributed by atoms with E-state index in [2.05, 4.69) is 9.82 Å². The van der Waals surface area contributed by atoms with Crippen LogP contribution in [-0.2, 0) is 21.3 Å². The van der Waals surface area contributed by atoms with E-state index in [0.717, 1.165) is 0 Å². The van der Waals surface area contributed by atoms with E-state index in [-0.39, 0.29) is 16.9 Å². The van der Waals surface area contributed by atoms with Crippen LogP contribution >= 0.6 is 0 Å². The van der Waals surface area contributed by atoms with Crippen LogP contribution in [0, 0.1) is 19.8 Å². The molecule has 0 aliphatic carbocycles. The van der Waals surface area contributed by atoms with Gasteiger partial charge < -0.3 is 10.5 Å². The van der Waals surface area contributed by atoms with Crippen LogP contribution in [0.15, 0.2) is 4.90 Å². The minimum atomic E-state index is -3.64. The molecule has 0 fully saturated rings. The maximum absolute atomic E-state index is 12.6. The fourth-order valence-corrected chi connectivity index (χ4v) is 3.99. The Kier molecular flexibility index (Phi) is 6.33. The van der Waals surface area contributed by atoms with Crippen molar-refractivity contribution in [3.8, 4) is 0 Å². The first-order chi connectivity index (χ1) is 9.74. The summed E-state index contributed by atoms with van der Waals surface area (Å²) in [6.07, 6.45) is 0. The van der Waals surface area contributed by atoms with Crippen LogP contribution in [0.25, 0.3) is 0 Å². The van der Waals surface area contributed by atoms with Gasteiger partial charge in [-0.1, -0.05) is 13.8 Å². The number of hydrogen-bond donors (Lipinski definition) is 2. The molecule has 0 aromatic carbocycles. The summed E-state index contributed by atoms with van der Waals surface area (Å²) in [4.78, 5) is 0.234. The maximum Gasteiger partial charge on any atom is 0.244 e. The van der Waals surface area contributed by atoms with Gasteiger partial charge in [-0.3, -0.25) is 4.68 Å². The number of methoxy groups -OCH3 is 1. The van der Waals surface area contributed by atoms with Gasteiger partial charge in [0.25, 0.3) is 0 Å². The van der Waals surface area contributed by atoms with Gasteiger partial charge in [-0.2, -0.15) is 5.10 Å². The van der Waals surface area contributed by atoms with Crippen molar-refractivity contribution in [2.45, 2.75) is 45.2 Å². The lowest BCUT2D eigenvalue weighted by Crippen LogP contribution is -2.41. The highest BCUT2D eigenvalue weighted by molar-refractivity contribution is 7.89. The Morgan fingerprint density at radius 3 is 2.48 bits per heavy atom. The average molecular weight is 318 g/mol. The Morgan fingerprint density at radius 1 is 1.38 bits per heavy atom. The summed E-state index contributed by atoms with van der Waals surface area (Å²) in [5.41, 5.74) is 6.60. The SMILES string of the molecule is COCC(NS(=O)(=O)c1c(C)nn(CCN)c1C)C(C)C. The molecule has 0 bridgehead atoms. The minimum Gasteiger partial charge on any atom is -0.383 e. The third kappa shape index (κ3) is 4.26. The highest BCUT2D eigenvalue weighted by Gasteiger charge is 2.28. The average Bonchev–Trinajstić information content (AvgIpc) is 2.64. The molecular weight excluding hydrogens is 292 g/mol. The molecule has 1 unspecified atom stereocenters. The first kappa shape index (κ1) is 18.1. The summed E-state index contributed by atoms with van der Waals surface area (Å²) in [7, 11) is -2.08.